The molecule has 1 aromatic rings. The highest BCUT2D eigenvalue weighted by Crippen LogP contribution is 2.18. The molecule has 0 saturated heterocycles. The van der Waals surface area contributed by atoms with Gasteiger partial charge in [0.05, 0.1) is 6.54 Å². The summed E-state index contributed by atoms with van der Waals surface area (Å²) in [4.78, 5) is 11.6. The molecule has 0 radical (unpaired) electrons. The summed E-state index contributed by atoms with van der Waals surface area (Å²) < 4.78 is 26.7. The van der Waals surface area contributed by atoms with Crippen LogP contribution < -0.4 is 10.6 Å². The third kappa shape index (κ3) is 4.13. The molecule has 3 nitrogen and oxygen atoms in total. The smallest absolute Gasteiger partial charge is 0.238 e. The van der Waals surface area contributed by atoms with E-state index in [1.807, 2.05) is 0 Å². The molecule has 20 heavy (non-hydrogen) atoms. The Morgan fingerprint density at radius 2 is 2.00 bits per heavy atom. The van der Waals surface area contributed by atoms with Crippen LogP contribution in [-0.2, 0) is 4.79 Å². The molecule has 1 aliphatic carbocycles. The van der Waals surface area contributed by atoms with Crippen LogP contribution in [0.15, 0.2) is 30.4 Å². The minimum Gasteiger partial charge on any atom is -0.320 e. The van der Waals surface area contributed by atoms with Gasteiger partial charge in [0.15, 0.2) is 0 Å². The van der Waals surface area contributed by atoms with E-state index in [0.717, 1.165) is 37.9 Å². The maximum absolute atomic E-state index is 13.3. The Morgan fingerprint density at radius 1 is 1.25 bits per heavy atom. The zero-order chi connectivity index (χ0) is 14.4. The van der Waals surface area contributed by atoms with Crippen LogP contribution >= 0.6 is 0 Å². The van der Waals surface area contributed by atoms with Crippen LogP contribution in [0.25, 0.3) is 0 Å². The van der Waals surface area contributed by atoms with Gasteiger partial charge in [-0.1, -0.05) is 18.2 Å². The maximum Gasteiger partial charge on any atom is 0.238 e. The maximum atomic E-state index is 13.3. The summed E-state index contributed by atoms with van der Waals surface area (Å²) >= 11 is 0. The fraction of sp³-hybridized carbons (Fsp3) is 0.400. The molecule has 0 heterocycles. The predicted octanol–water partition coefficient (Wildman–Crippen LogP) is 2.85. The molecule has 1 aliphatic rings. The van der Waals surface area contributed by atoms with E-state index in [4.69, 9.17) is 0 Å². The lowest BCUT2D eigenvalue weighted by atomic mass is 9.94. The quantitative estimate of drug-likeness (QED) is 0.814. The standard InChI is InChI=1S/C15H18F2N2O/c16-12-7-4-8-13(17)15(12)19-14(20)10-18-9-11-5-2-1-3-6-11/h1-2,4,7-8,11,18H,3,5-6,9-10H2,(H,19,20). The monoisotopic (exact) mass is 280 g/mol. The molecular formula is C15H18F2N2O. The number of anilines is 1. The van der Waals surface area contributed by atoms with Crippen LogP contribution in [0.1, 0.15) is 19.3 Å². The Balaban J connectivity index is 1.76. The third-order valence-corrected chi connectivity index (χ3v) is 3.32. The highest BCUT2D eigenvalue weighted by Gasteiger charge is 2.13. The van der Waals surface area contributed by atoms with Crippen molar-refractivity contribution < 1.29 is 13.6 Å². The second kappa shape index (κ2) is 7.14. The first-order valence-corrected chi connectivity index (χ1v) is 6.76. The van der Waals surface area contributed by atoms with Gasteiger partial charge in [-0.15, -0.1) is 0 Å². The van der Waals surface area contributed by atoms with Crippen LogP contribution in [0.2, 0.25) is 0 Å². The molecule has 1 aromatic carbocycles. The molecule has 1 amide bonds. The number of carbonyl (C=O) groups excluding carboxylic acids is 1. The number of para-hydroxylation sites is 1. The summed E-state index contributed by atoms with van der Waals surface area (Å²) in [5.74, 6) is -1.45. The Hall–Kier alpha value is -1.75. The fourth-order valence-corrected chi connectivity index (χ4v) is 2.23. The van der Waals surface area contributed by atoms with Crippen LogP contribution in [0.5, 0.6) is 0 Å². The molecule has 0 spiro atoms. The van der Waals surface area contributed by atoms with E-state index in [1.54, 1.807) is 0 Å². The molecule has 0 bridgehead atoms. The molecule has 108 valence electrons. The molecular weight excluding hydrogens is 262 g/mol. The van der Waals surface area contributed by atoms with Crippen molar-refractivity contribution in [1.29, 1.82) is 0 Å². The number of benzene rings is 1. The molecule has 0 fully saturated rings. The van der Waals surface area contributed by atoms with Gasteiger partial charge in [0.2, 0.25) is 5.91 Å². The van der Waals surface area contributed by atoms with E-state index in [2.05, 4.69) is 22.8 Å². The van der Waals surface area contributed by atoms with Crippen molar-refractivity contribution in [2.24, 2.45) is 5.92 Å². The number of halogens is 2. The first-order chi connectivity index (χ1) is 9.66. The number of hydrogen-bond donors (Lipinski definition) is 2. The van der Waals surface area contributed by atoms with Gasteiger partial charge >= 0.3 is 0 Å². The summed E-state index contributed by atoms with van der Waals surface area (Å²) in [6.07, 6.45) is 7.48. The number of amides is 1. The van der Waals surface area contributed by atoms with Crippen molar-refractivity contribution in [3.8, 4) is 0 Å². The van der Waals surface area contributed by atoms with Gasteiger partial charge in [-0.3, -0.25) is 4.79 Å². The molecule has 2 N–H and O–H groups in total. The summed E-state index contributed by atoms with van der Waals surface area (Å²) in [6, 6.07) is 3.48. The van der Waals surface area contributed by atoms with Crippen molar-refractivity contribution >= 4 is 11.6 Å². The minimum atomic E-state index is -0.768. The number of hydrogen-bond acceptors (Lipinski definition) is 2. The lowest BCUT2D eigenvalue weighted by molar-refractivity contribution is -0.115. The Kier molecular flexibility index (Phi) is 5.24. The van der Waals surface area contributed by atoms with E-state index >= 15 is 0 Å². The van der Waals surface area contributed by atoms with Crippen LogP contribution in [0.4, 0.5) is 14.5 Å². The van der Waals surface area contributed by atoms with Gasteiger partial charge in [0, 0.05) is 0 Å². The van der Waals surface area contributed by atoms with Crippen LogP contribution in [0.3, 0.4) is 0 Å². The predicted molar refractivity (Wildman–Crippen MR) is 74.3 cm³/mol. The molecule has 2 rings (SSSR count). The zero-order valence-corrected chi connectivity index (χ0v) is 11.2. The Bertz CT molecular complexity index is 482. The fourth-order valence-electron chi connectivity index (χ4n) is 2.23. The summed E-state index contributed by atoms with van der Waals surface area (Å²) in [7, 11) is 0. The normalized spacial score (nSPS) is 18.0. The van der Waals surface area contributed by atoms with E-state index in [-0.39, 0.29) is 12.2 Å². The van der Waals surface area contributed by atoms with E-state index < -0.39 is 17.5 Å². The average Bonchev–Trinajstić information content (AvgIpc) is 2.44. The van der Waals surface area contributed by atoms with Crippen molar-refractivity contribution in [3.05, 3.63) is 42.0 Å². The SMILES string of the molecule is O=C(CNCC1CC=CCC1)Nc1c(F)cccc1F. The van der Waals surface area contributed by atoms with E-state index in [9.17, 15) is 13.6 Å². The number of nitrogens with one attached hydrogen (secondary N) is 2. The van der Waals surface area contributed by atoms with Gasteiger partial charge in [-0.05, 0) is 43.9 Å². The van der Waals surface area contributed by atoms with Crippen molar-refractivity contribution in [3.63, 3.8) is 0 Å². The molecule has 1 atom stereocenters. The first-order valence-electron chi connectivity index (χ1n) is 6.76. The van der Waals surface area contributed by atoms with Gasteiger partial charge < -0.3 is 10.6 Å². The lowest BCUT2D eigenvalue weighted by Crippen LogP contribution is -2.32. The number of rotatable bonds is 5. The largest absolute Gasteiger partial charge is 0.320 e. The van der Waals surface area contributed by atoms with Crippen molar-refractivity contribution in [2.75, 3.05) is 18.4 Å². The second-order valence-electron chi connectivity index (χ2n) is 4.93. The molecule has 0 aliphatic heterocycles. The third-order valence-electron chi connectivity index (χ3n) is 3.32. The molecule has 0 aromatic heterocycles. The topological polar surface area (TPSA) is 41.1 Å². The summed E-state index contributed by atoms with van der Waals surface area (Å²) in [5, 5.41) is 5.27. The van der Waals surface area contributed by atoms with Gasteiger partial charge in [-0.25, -0.2) is 8.78 Å². The van der Waals surface area contributed by atoms with Crippen LogP contribution in [-0.4, -0.2) is 19.0 Å². The lowest BCUT2D eigenvalue weighted by Gasteiger charge is -2.18. The molecule has 1 unspecified atom stereocenters. The van der Waals surface area contributed by atoms with Gasteiger partial charge in [0.1, 0.15) is 17.3 Å². The highest BCUT2D eigenvalue weighted by molar-refractivity contribution is 5.92. The Morgan fingerprint density at radius 3 is 2.65 bits per heavy atom. The summed E-state index contributed by atoms with van der Waals surface area (Å²) in [5.41, 5.74) is -0.389. The highest BCUT2D eigenvalue weighted by atomic mass is 19.1. The minimum absolute atomic E-state index is 0.0496. The number of carbonyl (C=O) groups is 1. The van der Waals surface area contributed by atoms with E-state index in [0.29, 0.717) is 5.92 Å². The average molecular weight is 280 g/mol. The van der Waals surface area contributed by atoms with Gasteiger partial charge in [0.25, 0.3) is 0 Å². The molecule has 5 heteroatoms. The van der Waals surface area contributed by atoms with Crippen molar-refractivity contribution in [2.45, 2.75) is 19.3 Å². The Labute approximate surface area is 117 Å². The number of allylic oxidation sites excluding steroid dienone is 2. The van der Waals surface area contributed by atoms with Crippen LogP contribution in [0, 0.1) is 17.6 Å². The van der Waals surface area contributed by atoms with Crippen molar-refractivity contribution in [1.82, 2.24) is 5.32 Å². The zero-order valence-electron chi connectivity index (χ0n) is 11.2. The van der Waals surface area contributed by atoms with Gasteiger partial charge in [-0.2, -0.15) is 0 Å². The first kappa shape index (κ1) is 14.7. The molecule has 0 saturated carbocycles. The second-order valence-corrected chi connectivity index (χ2v) is 4.93. The van der Waals surface area contributed by atoms with E-state index in [1.165, 1.54) is 6.07 Å². The summed E-state index contributed by atoms with van der Waals surface area (Å²) in [6.45, 7) is 0.783.